The van der Waals surface area contributed by atoms with Crippen molar-refractivity contribution < 1.29 is 22.3 Å². The fourth-order valence-corrected chi connectivity index (χ4v) is 2.35. The number of hydrogen-bond donors (Lipinski definition) is 1. The molecule has 0 aliphatic carbocycles. The molecule has 1 fully saturated rings. The lowest BCUT2D eigenvalue weighted by Crippen LogP contribution is -2.44. The predicted molar refractivity (Wildman–Crippen MR) is 67.1 cm³/mol. The summed E-state index contributed by atoms with van der Waals surface area (Å²) in [5.74, 6) is 0. The van der Waals surface area contributed by atoms with Gasteiger partial charge >= 0.3 is 6.18 Å². The molecule has 2 nitrogen and oxygen atoms in total. The van der Waals surface area contributed by atoms with Crippen LogP contribution in [-0.4, -0.2) is 25.8 Å². The van der Waals surface area contributed by atoms with Crippen LogP contribution >= 0.6 is 0 Å². The molecule has 1 N–H and O–H groups in total. The molecule has 0 bridgehead atoms. The molecule has 0 amide bonds. The number of morpholine rings is 1. The third-order valence-electron chi connectivity index (χ3n) is 3.42. The van der Waals surface area contributed by atoms with Crippen molar-refractivity contribution in [3.8, 4) is 0 Å². The Morgan fingerprint density at radius 1 is 1.25 bits per heavy atom. The van der Waals surface area contributed by atoms with Crippen LogP contribution in [0.1, 0.15) is 24.5 Å². The zero-order valence-corrected chi connectivity index (χ0v) is 11.1. The molecule has 2 atom stereocenters. The van der Waals surface area contributed by atoms with Crippen molar-refractivity contribution in [1.82, 2.24) is 5.32 Å². The first-order valence-electron chi connectivity index (χ1n) is 6.47. The molecule has 1 aromatic carbocycles. The van der Waals surface area contributed by atoms with Gasteiger partial charge in [-0.2, -0.15) is 13.2 Å². The second-order valence-electron chi connectivity index (χ2n) is 5.21. The highest BCUT2D eigenvalue weighted by atomic mass is 19.4. The molecule has 1 saturated heterocycles. The van der Waals surface area contributed by atoms with Crippen LogP contribution in [0.3, 0.4) is 0 Å². The van der Waals surface area contributed by atoms with E-state index in [1.807, 2.05) is 0 Å². The van der Waals surface area contributed by atoms with Crippen molar-refractivity contribution in [1.29, 1.82) is 0 Å². The molecule has 0 radical (unpaired) electrons. The van der Waals surface area contributed by atoms with Gasteiger partial charge in [-0.05, 0) is 24.6 Å². The van der Waals surface area contributed by atoms with Crippen molar-refractivity contribution in [3.05, 3.63) is 35.4 Å². The minimum Gasteiger partial charge on any atom is -0.379 e. The van der Waals surface area contributed by atoms with Gasteiger partial charge in [0.15, 0.2) is 0 Å². The Morgan fingerprint density at radius 2 is 1.95 bits per heavy atom. The summed E-state index contributed by atoms with van der Waals surface area (Å²) in [5, 5.41) is 3.10. The third-order valence-corrected chi connectivity index (χ3v) is 3.42. The van der Waals surface area contributed by atoms with Gasteiger partial charge in [-0.25, -0.2) is 4.39 Å². The van der Waals surface area contributed by atoms with E-state index < -0.39 is 17.4 Å². The lowest BCUT2D eigenvalue weighted by molar-refractivity contribution is -0.137. The molecule has 112 valence electrons. The van der Waals surface area contributed by atoms with Gasteiger partial charge in [0.2, 0.25) is 0 Å². The summed E-state index contributed by atoms with van der Waals surface area (Å²) in [7, 11) is 0. The topological polar surface area (TPSA) is 21.3 Å². The first-order valence-corrected chi connectivity index (χ1v) is 6.47. The highest BCUT2D eigenvalue weighted by Crippen LogP contribution is 2.35. The average Bonchev–Trinajstić information content (AvgIpc) is 2.38. The Balaban J connectivity index is 2.15. The van der Waals surface area contributed by atoms with Crippen molar-refractivity contribution in [3.63, 3.8) is 0 Å². The van der Waals surface area contributed by atoms with Crippen LogP contribution < -0.4 is 5.32 Å². The number of nitrogens with one attached hydrogen (secondary N) is 1. The molecule has 0 aromatic heterocycles. The van der Waals surface area contributed by atoms with Crippen LogP contribution in [0.25, 0.3) is 0 Å². The Kier molecular flexibility index (Phi) is 4.34. The molecule has 6 heteroatoms. The summed E-state index contributed by atoms with van der Waals surface area (Å²) in [6, 6.07) is 4.26. The molecule has 1 aliphatic rings. The molecule has 1 aliphatic heterocycles. The molecule has 0 spiro atoms. The van der Waals surface area contributed by atoms with Gasteiger partial charge < -0.3 is 10.1 Å². The number of halogens is 4. The third kappa shape index (κ3) is 3.70. The SMILES string of the molecule is CC(F)(CC1COCCN1)c1cccc(C(F)(F)F)c1. The molecule has 1 aromatic rings. The smallest absolute Gasteiger partial charge is 0.379 e. The molecule has 1 heterocycles. The van der Waals surface area contributed by atoms with Crippen molar-refractivity contribution >= 4 is 0 Å². The van der Waals surface area contributed by atoms with E-state index in [4.69, 9.17) is 4.74 Å². The van der Waals surface area contributed by atoms with Gasteiger partial charge in [-0.1, -0.05) is 12.1 Å². The fraction of sp³-hybridized carbons (Fsp3) is 0.571. The standard InChI is InChI=1S/C14H17F4NO/c1-13(15,8-12-9-20-6-5-19-12)10-3-2-4-11(7-10)14(16,17)18/h2-4,7,12,19H,5-6,8-9H2,1H3. The summed E-state index contributed by atoms with van der Waals surface area (Å²) in [6.07, 6.45) is -4.38. The second-order valence-corrected chi connectivity index (χ2v) is 5.21. The maximum atomic E-state index is 14.7. The summed E-state index contributed by atoms with van der Waals surface area (Å²) < 4.78 is 57.9. The minimum absolute atomic E-state index is 0.0414. The summed E-state index contributed by atoms with van der Waals surface area (Å²) in [6.45, 7) is 2.88. The van der Waals surface area contributed by atoms with Gasteiger partial charge in [-0.15, -0.1) is 0 Å². The number of ether oxygens (including phenoxy) is 1. The monoisotopic (exact) mass is 291 g/mol. The largest absolute Gasteiger partial charge is 0.416 e. The summed E-state index contributed by atoms with van der Waals surface area (Å²) >= 11 is 0. The van der Waals surface area contributed by atoms with E-state index in [0.717, 1.165) is 12.1 Å². The van der Waals surface area contributed by atoms with Gasteiger partial charge in [0.1, 0.15) is 5.67 Å². The van der Waals surface area contributed by atoms with E-state index in [2.05, 4.69) is 5.32 Å². The van der Waals surface area contributed by atoms with Crippen LogP contribution in [0.15, 0.2) is 24.3 Å². The van der Waals surface area contributed by atoms with Crippen molar-refractivity contribution in [2.75, 3.05) is 19.8 Å². The minimum atomic E-state index is -4.46. The quantitative estimate of drug-likeness (QED) is 0.863. The zero-order chi connectivity index (χ0) is 14.8. The lowest BCUT2D eigenvalue weighted by atomic mass is 9.89. The van der Waals surface area contributed by atoms with Gasteiger partial charge in [0.05, 0.1) is 18.8 Å². The van der Waals surface area contributed by atoms with Gasteiger partial charge in [0.25, 0.3) is 0 Å². The number of rotatable bonds is 3. The van der Waals surface area contributed by atoms with Crippen LogP contribution in [0, 0.1) is 0 Å². The maximum Gasteiger partial charge on any atom is 0.416 e. The second kappa shape index (κ2) is 5.69. The zero-order valence-electron chi connectivity index (χ0n) is 11.1. The Morgan fingerprint density at radius 3 is 2.55 bits per heavy atom. The summed E-state index contributed by atoms with van der Waals surface area (Å²) in [5.41, 5.74) is -2.62. The van der Waals surface area contributed by atoms with E-state index in [9.17, 15) is 17.6 Å². The normalized spacial score (nSPS) is 23.4. The van der Waals surface area contributed by atoms with Crippen LogP contribution in [-0.2, 0) is 16.6 Å². The Labute approximate surface area is 115 Å². The highest BCUT2D eigenvalue weighted by Gasteiger charge is 2.35. The summed E-state index contributed by atoms with van der Waals surface area (Å²) in [4.78, 5) is 0. The molecular formula is C14H17F4NO. The Hall–Kier alpha value is -1.14. The van der Waals surface area contributed by atoms with E-state index >= 15 is 0 Å². The maximum absolute atomic E-state index is 14.7. The first-order chi connectivity index (χ1) is 9.29. The molecular weight excluding hydrogens is 274 g/mol. The lowest BCUT2D eigenvalue weighted by Gasteiger charge is -2.30. The van der Waals surface area contributed by atoms with Crippen molar-refractivity contribution in [2.24, 2.45) is 0 Å². The van der Waals surface area contributed by atoms with E-state index in [-0.39, 0.29) is 18.0 Å². The Bertz CT molecular complexity index is 453. The van der Waals surface area contributed by atoms with E-state index in [0.29, 0.717) is 19.8 Å². The van der Waals surface area contributed by atoms with E-state index in [1.165, 1.54) is 19.1 Å². The number of alkyl halides is 4. The van der Waals surface area contributed by atoms with Gasteiger partial charge in [0, 0.05) is 19.0 Å². The molecule has 20 heavy (non-hydrogen) atoms. The molecule has 2 unspecified atom stereocenters. The first kappa shape index (κ1) is 15.3. The van der Waals surface area contributed by atoms with Crippen LogP contribution in [0.5, 0.6) is 0 Å². The van der Waals surface area contributed by atoms with E-state index in [1.54, 1.807) is 0 Å². The molecule has 2 rings (SSSR count). The average molecular weight is 291 g/mol. The van der Waals surface area contributed by atoms with Crippen LogP contribution in [0.2, 0.25) is 0 Å². The fourth-order valence-electron chi connectivity index (χ4n) is 2.35. The number of benzene rings is 1. The predicted octanol–water partition coefficient (Wildman–Crippen LogP) is 3.27. The number of hydrogen-bond acceptors (Lipinski definition) is 2. The molecule has 0 saturated carbocycles. The highest BCUT2D eigenvalue weighted by molar-refractivity contribution is 5.29. The van der Waals surface area contributed by atoms with Crippen molar-refractivity contribution in [2.45, 2.75) is 31.2 Å². The van der Waals surface area contributed by atoms with Gasteiger partial charge in [-0.3, -0.25) is 0 Å². The van der Waals surface area contributed by atoms with Crippen LogP contribution in [0.4, 0.5) is 17.6 Å².